The molecule has 0 amide bonds. The van der Waals surface area contributed by atoms with Crippen LogP contribution >= 0.6 is 11.3 Å². The van der Waals surface area contributed by atoms with Gasteiger partial charge in [-0.05, 0) is 18.2 Å². The van der Waals surface area contributed by atoms with Gasteiger partial charge in [-0.2, -0.15) is 5.10 Å². The number of aromatic amines is 1. The Hall–Kier alpha value is -3.52. The maximum Gasteiger partial charge on any atom is 0.205 e. The van der Waals surface area contributed by atoms with E-state index in [1.165, 1.54) is 11.3 Å². The molecule has 8 heteroatoms. The lowest BCUT2D eigenvalue weighted by Gasteiger charge is -2.14. The Balaban J connectivity index is 1.83. The number of fused-ring (bicyclic) bond motifs is 1. The number of para-hydroxylation sites is 1. The van der Waals surface area contributed by atoms with Gasteiger partial charge in [0.15, 0.2) is 11.5 Å². The molecule has 1 N–H and O–H groups in total. The zero-order chi connectivity index (χ0) is 21.1. The number of nitrogens with zero attached hydrogens (tertiary/aromatic N) is 3. The third-order valence-electron chi connectivity index (χ3n) is 4.77. The second kappa shape index (κ2) is 8.46. The third-order valence-corrected chi connectivity index (χ3v) is 5.68. The predicted octanol–water partition coefficient (Wildman–Crippen LogP) is 4.14. The smallest absolute Gasteiger partial charge is 0.205 e. The lowest BCUT2D eigenvalue weighted by molar-refractivity contribution is 0.324. The Morgan fingerprint density at radius 2 is 1.77 bits per heavy atom. The molecule has 0 aliphatic rings. The van der Waals surface area contributed by atoms with Crippen LogP contribution in [0.1, 0.15) is 5.56 Å². The summed E-state index contributed by atoms with van der Waals surface area (Å²) >= 11 is 1.51. The summed E-state index contributed by atoms with van der Waals surface area (Å²) in [5, 5.41) is 7.86. The molecule has 4 rings (SSSR count). The summed E-state index contributed by atoms with van der Waals surface area (Å²) in [4.78, 5) is 8.41. The predicted molar refractivity (Wildman–Crippen MR) is 120 cm³/mol. The van der Waals surface area contributed by atoms with Crippen LogP contribution in [0.25, 0.3) is 22.2 Å². The summed E-state index contributed by atoms with van der Waals surface area (Å²) in [5.74, 6) is 1.72. The van der Waals surface area contributed by atoms with Crippen LogP contribution in [0.4, 0.5) is 0 Å². The minimum Gasteiger partial charge on any atom is -0.493 e. The third kappa shape index (κ3) is 3.46. The molecule has 0 radical (unpaired) electrons. The van der Waals surface area contributed by atoms with Crippen molar-refractivity contribution < 1.29 is 14.2 Å². The van der Waals surface area contributed by atoms with Crippen molar-refractivity contribution in [2.75, 3.05) is 28.4 Å². The highest BCUT2D eigenvalue weighted by atomic mass is 32.1. The first-order valence-corrected chi connectivity index (χ1v) is 10.1. The number of benzene rings is 2. The molecule has 0 aliphatic heterocycles. The number of rotatable bonds is 6. The van der Waals surface area contributed by atoms with Gasteiger partial charge in [0.05, 0.1) is 33.2 Å². The van der Waals surface area contributed by atoms with Crippen molar-refractivity contribution in [3.63, 3.8) is 0 Å². The summed E-state index contributed by atoms with van der Waals surface area (Å²) in [6, 6.07) is 11.9. The molecule has 0 atom stereocenters. The molecule has 2 aromatic carbocycles. The van der Waals surface area contributed by atoms with E-state index in [9.17, 15) is 0 Å². The summed E-state index contributed by atoms with van der Waals surface area (Å²) in [6.07, 6.45) is 3.78. The molecule has 154 valence electrons. The van der Waals surface area contributed by atoms with E-state index in [4.69, 9.17) is 19.3 Å². The average Bonchev–Trinajstić information content (AvgIpc) is 3.40. The number of nitrogens with one attached hydrogen (secondary N) is 1. The van der Waals surface area contributed by atoms with Crippen molar-refractivity contribution in [3.8, 4) is 28.5 Å². The molecule has 0 fully saturated rings. The van der Waals surface area contributed by atoms with Gasteiger partial charge >= 0.3 is 0 Å². The van der Waals surface area contributed by atoms with E-state index in [1.54, 1.807) is 28.4 Å². The topological polar surface area (TPSA) is 73.1 Å². The Kier molecular flexibility index (Phi) is 5.58. The largest absolute Gasteiger partial charge is 0.493 e. The first-order valence-electron chi connectivity index (χ1n) is 9.24. The second-order valence-electron chi connectivity index (χ2n) is 6.39. The van der Waals surface area contributed by atoms with Crippen LogP contribution in [0.2, 0.25) is 0 Å². The van der Waals surface area contributed by atoms with Crippen molar-refractivity contribution in [1.29, 1.82) is 0 Å². The molecular weight excluding hydrogens is 400 g/mol. The molecular formula is C22H22N4O3S. The highest BCUT2D eigenvalue weighted by Crippen LogP contribution is 2.41. The molecule has 4 aromatic rings. The molecule has 0 aliphatic carbocycles. The number of hydrogen-bond acceptors (Lipinski definition) is 6. The Morgan fingerprint density at radius 3 is 2.43 bits per heavy atom. The van der Waals surface area contributed by atoms with E-state index in [0.29, 0.717) is 17.2 Å². The number of H-pyrrole nitrogens is 1. The zero-order valence-corrected chi connectivity index (χ0v) is 18.0. The first-order chi connectivity index (χ1) is 14.7. The maximum absolute atomic E-state index is 5.50. The SMILES string of the molecule is CN=c1scc(-c2cc(OC)c(OC)c(OC)c2)n1N=Cc1c[nH]c2ccccc12. The monoisotopic (exact) mass is 422 g/mol. The van der Waals surface area contributed by atoms with E-state index in [-0.39, 0.29) is 0 Å². The lowest BCUT2D eigenvalue weighted by atomic mass is 10.1. The summed E-state index contributed by atoms with van der Waals surface area (Å²) in [5.41, 5.74) is 3.82. The molecule has 0 saturated heterocycles. The van der Waals surface area contributed by atoms with E-state index >= 15 is 0 Å². The van der Waals surface area contributed by atoms with Crippen LogP contribution in [0.15, 0.2) is 58.1 Å². The van der Waals surface area contributed by atoms with Crippen LogP contribution in [-0.4, -0.2) is 44.3 Å². The summed E-state index contributed by atoms with van der Waals surface area (Å²) < 4.78 is 18.3. The number of ether oxygens (including phenoxy) is 3. The van der Waals surface area contributed by atoms with Gasteiger partial charge in [-0.3, -0.25) is 4.99 Å². The molecule has 0 bridgehead atoms. The number of aromatic nitrogens is 2. The highest BCUT2D eigenvalue weighted by Gasteiger charge is 2.17. The van der Waals surface area contributed by atoms with Crippen molar-refractivity contribution in [2.24, 2.45) is 10.1 Å². The number of methoxy groups -OCH3 is 3. The van der Waals surface area contributed by atoms with Crippen LogP contribution < -0.4 is 19.0 Å². The van der Waals surface area contributed by atoms with Crippen LogP contribution in [0, 0.1) is 0 Å². The number of thiazole rings is 1. The molecule has 2 aromatic heterocycles. The van der Waals surface area contributed by atoms with Gasteiger partial charge < -0.3 is 19.2 Å². The van der Waals surface area contributed by atoms with Crippen LogP contribution in [0.3, 0.4) is 0 Å². The van der Waals surface area contributed by atoms with Crippen molar-refractivity contribution in [2.45, 2.75) is 0 Å². The maximum atomic E-state index is 5.50. The fourth-order valence-corrected chi connectivity index (χ4v) is 4.11. The van der Waals surface area contributed by atoms with Gasteiger partial charge in [0.1, 0.15) is 0 Å². The van der Waals surface area contributed by atoms with E-state index in [0.717, 1.165) is 32.5 Å². The van der Waals surface area contributed by atoms with Crippen LogP contribution in [0.5, 0.6) is 17.2 Å². The Morgan fingerprint density at radius 1 is 1.03 bits per heavy atom. The number of hydrogen-bond donors (Lipinski definition) is 1. The quantitative estimate of drug-likeness (QED) is 0.475. The van der Waals surface area contributed by atoms with Gasteiger partial charge in [-0.25, -0.2) is 4.68 Å². The standard InChI is InChI=1S/C22H22N4O3S/c1-23-22-26(25-12-15-11-24-17-8-6-5-7-16(15)17)18(13-30-22)14-9-19(27-2)21(29-4)20(10-14)28-3/h5-13,24H,1-4H3. The Labute approximate surface area is 177 Å². The van der Waals surface area contributed by atoms with Crippen molar-refractivity contribution >= 4 is 28.5 Å². The first kappa shape index (κ1) is 19.8. The van der Waals surface area contributed by atoms with Crippen molar-refractivity contribution in [3.05, 3.63) is 58.3 Å². The van der Waals surface area contributed by atoms with Gasteiger partial charge in [-0.15, -0.1) is 11.3 Å². The van der Waals surface area contributed by atoms with Crippen molar-refractivity contribution in [1.82, 2.24) is 9.66 Å². The molecule has 7 nitrogen and oxygen atoms in total. The molecule has 0 unspecified atom stereocenters. The molecule has 0 spiro atoms. The van der Waals surface area contributed by atoms with E-state index in [1.807, 2.05) is 52.8 Å². The Bertz CT molecular complexity index is 1260. The molecule has 0 saturated carbocycles. The van der Waals surface area contributed by atoms with Gasteiger partial charge in [0, 0.05) is 40.7 Å². The van der Waals surface area contributed by atoms with Gasteiger partial charge in [0.2, 0.25) is 10.6 Å². The normalized spacial score (nSPS) is 12.1. The highest BCUT2D eigenvalue weighted by molar-refractivity contribution is 7.07. The van der Waals surface area contributed by atoms with E-state index < -0.39 is 0 Å². The fraction of sp³-hybridized carbons (Fsp3) is 0.182. The zero-order valence-electron chi connectivity index (χ0n) is 17.2. The average molecular weight is 423 g/mol. The minimum absolute atomic E-state index is 0.549. The lowest BCUT2D eigenvalue weighted by Crippen LogP contribution is -2.11. The molecule has 2 heterocycles. The second-order valence-corrected chi connectivity index (χ2v) is 7.22. The van der Waals surface area contributed by atoms with Gasteiger partial charge in [0.25, 0.3) is 0 Å². The summed E-state index contributed by atoms with van der Waals surface area (Å²) in [6.45, 7) is 0. The van der Waals surface area contributed by atoms with E-state index in [2.05, 4.69) is 16.0 Å². The summed E-state index contributed by atoms with van der Waals surface area (Å²) in [7, 11) is 6.54. The molecule has 30 heavy (non-hydrogen) atoms. The van der Waals surface area contributed by atoms with Crippen LogP contribution in [-0.2, 0) is 0 Å². The van der Waals surface area contributed by atoms with Gasteiger partial charge in [-0.1, -0.05) is 18.2 Å². The fourth-order valence-electron chi connectivity index (χ4n) is 3.31. The minimum atomic E-state index is 0.549.